The van der Waals surface area contributed by atoms with Crippen LogP contribution in [0.1, 0.15) is 24.8 Å². The second-order valence-electron chi connectivity index (χ2n) is 5.67. The third-order valence-electron chi connectivity index (χ3n) is 3.95. The van der Waals surface area contributed by atoms with Crippen LogP contribution >= 0.6 is 0 Å². The lowest BCUT2D eigenvalue weighted by Crippen LogP contribution is -2.39. The molecule has 1 aliphatic heterocycles. The highest BCUT2D eigenvalue weighted by Gasteiger charge is 2.34. The van der Waals surface area contributed by atoms with Crippen LogP contribution in [0.4, 0.5) is 4.39 Å². The fourth-order valence-corrected chi connectivity index (χ4v) is 3.01. The zero-order valence-corrected chi connectivity index (χ0v) is 13.8. The van der Waals surface area contributed by atoms with Gasteiger partial charge in [0.2, 0.25) is 21.8 Å². The molecule has 1 aromatic carbocycles. The van der Waals surface area contributed by atoms with Gasteiger partial charge in [0, 0.05) is 32.5 Å². The molecule has 1 saturated heterocycles. The molecule has 23 heavy (non-hydrogen) atoms. The Bertz CT molecular complexity index is 720. The quantitative estimate of drug-likeness (QED) is 0.804. The Balaban J connectivity index is 2.09. The average Bonchev–Trinajstić information content (AvgIpc) is 2.78. The van der Waals surface area contributed by atoms with Crippen LogP contribution in [0.2, 0.25) is 0 Å². The number of sulfonamides is 1. The Labute approximate surface area is 134 Å². The molecule has 126 valence electrons. The third-order valence-corrected chi connectivity index (χ3v) is 5.15. The molecule has 1 unspecified atom stereocenters. The Morgan fingerprint density at radius 2 is 2.13 bits per heavy atom. The molecule has 0 radical (unpaired) electrons. The molecule has 1 aromatic rings. The van der Waals surface area contributed by atoms with Gasteiger partial charge in [0.25, 0.3) is 0 Å². The van der Waals surface area contributed by atoms with Crippen molar-refractivity contribution in [3.63, 3.8) is 0 Å². The van der Waals surface area contributed by atoms with Gasteiger partial charge < -0.3 is 4.90 Å². The van der Waals surface area contributed by atoms with Crippen LogP contribution in [-0.2, 0) is 26.2 Å². The number of carbonyl (C=O) groups is 2. The van der Waals surface area contributed by atoms with Crippen LogP contribution in [-0.4, -0.2) is 48.8 Å². The van der Waals surface area contributed by atoms with Gasteiger partial charge in [0.15, 0.2) is 0 Å². The highest BCUT2D eigenvalue weighted by atomic mass is 32.2. The van der Waals surface area contributed by atoms with Crippen LogP contribution in [0.25, 0.3) is 0 Å². The minimum atomic E-state index is -3.61. The molecule has 6 nitrogen and oxygen atoms in total. The van der Waals surface area contributed by atoms with Crippen molar-refractivity contribution in [2.24, 2.45) is 0 Å². The predicted molar refractivity (Wildman–Crippen MR) is 82.2 cm³/mol. The number of halogens is 1. The number of nitrogens with zero attached hydrogens (tertiary/aromatic N) is 2. The largest absolute Gasteiger partial charge is 0.335 e. The Hall–Kier alpha value is -1.96. The first kappa shape index (κ1) is 17.4. The van der Waals surface area contributed by atoms with Crippen LogP contribution in [0.15, 0.2) is 24.3 Å². The summed E-state index contributed by atoms with van der Waals surface area (Å²) in [6, 6.07) is 5.55. The highest BCUT2D eigenvalue weighted by molar-refractivity contribution is 7.88. The minimum absolute atomic E-state index is 0.0649. The first-order valence-electron chi connectivity index (χ1n) is 7.19. The van der Waals surface area contributed by atoms with E-state index in [-0.39, 0.29) is 24.9 Å². The van der Waals surface area contributed by atoms with E-state index in [4.69, 9.17) is 0 Å². The lowest BCUT2D eigenvalue weighted by atomic mass is 10.1. The van der Waals surface area contributed by atoms with Gasteiger partial charge in [-0.3, -0.25) is 9.59 Å². The first-order valence-corrected chi connectivity index (χ1v) is 9.04. The molecular formula is C15H19FN2O4S. The van der Waals surface area contributed by atoms with Crippen molar-refractivity contribution in [3.8, 4) is 0 Å². The van der Waals surface area contributed by atoms with E-state index in [1.807, 2.05) is 0 Å². The standard InChI is InChI=1S/C15H19FN2O4S/c1-17(23(2,21)22)15(20)9-13-6-7-14(19)18(13)10-11-4-3-5-12(16)8-11/h3-5,8,13H,6-7,9-10H2,1-2H3. The predicted octanol–water partition coefficient (Wildman–Crippen LogP) is 1.12. The lowest BCUT2D eigenvalue weighted by Gasteiger charge is -2.26. The molecule has 0 N–H and O–H groups in total. The number of hydrogen-bond acceptors (Lipinski definition) is 4. The van der Waals surface area contributed by atoms with E-state index in [1.54, 1.807) is 12.1 Å². The van der Waals surface area contributed by atoms with E-state index in [0.29, 0.717) is 22.7 Å². The number of carbonyl (C=O) groups excluding carboxylic acids is 2. The first-order chi connectivity index (χ1) is 10.7. The van der Waals surface area contributed by atoms with E-state index in [9.17, 15) is 22.4 Å². The van der Waals surface area contributed by atoms with Gasteiger partial charge in [-0.2, -0.15) is 0 Å². The maximum atomic E-state index is 13.3. The second-order valence-corrected chi connectivity index (χ2v) is 7.69. The molecule has 2 rings (SSSR count). The molecule has 2 amide bonds. The van der Waals surface area contributed by atoms with Gasteiger partial charge in [-0.25, -0.2) is 17.1 Å². The summed E-state index contributed by atoms with van der Waals surface area (Å²) in [4.78, 5) is 25.6. The van der Waals surface area contributed by atoms with Crippen molar-refractivity contribution in [2.45, 2.75) is 31.8 Å². The van der Waals surface area contributed by atoms with Crippen molar-refractivity contribution in [1.82, 2.24) is 9.21 Å². The molecule has 0 aromatic heterocycles. The van der Waals surface area contributed by atoms with Crippen LogP contribution in [0.5, 0.6) is 0 Å². The summed E-state index contributed by atoms with van der Waals surface area (Å²) >= 11 is 0. The molecule has 0 saturated carbocycles. The molecule has 0 bridgehead atoms. The van der Waals surface area contributed by atoms with Gasteiger partial charge in [0.05, 0.1) is 6.26 Å². The summed E-state index contributed by atoms with van der Waals surface area (Å²) in [5, 5.41) is 0. The van der Waals surface area contributed by atoms with Crippen molar-refractivity contribution < 1.29 is 22.4 Å². The topological polar surface area (TPSA) is 74.8 Å². The SMILES string of the molecule is CN(C(=O)CC1CCC(=O)N1Cc1cccc(F)c1)S(C)(=O)=O. The average molecular weight is 342 g/mol. The minimum Gasteiger partial charge on any atom is -0.335 e. The summed E-state index contributed by atoms with van der Waals surface area (Å²) in [5.41, 5.74) is 0.633. The summed E-state index contributed by atoms with van der Waals surface area (Å²) in [7, 11) is -2.41. The van der Waals surface area contributed by atoms with E-state index in [2.05, 4.69) is 0 Å². The Morgan fingerprint density at radius 3 is 2.74 bits per heavy atom. The van der Waals surface area contributed by atoms with Crippen LogP contribution in [0, 0.1) is 5.82 Å². The molecule has 1 heterocycles. The van der Waals surface area contributed by atoms with Crippen molar-refractivity contribution >= 4 is 21.8 Å². The Kier molecular flexibility index (Phi) is 5.03. The maximum absolute atomic E-state index is 13.3. The number of likely N-dealkylation sites (tertiary alicyclic amines) is 1. The molecule has 1 aliphatic rings. The maximum Gasteiger partial charge on any atom is 0.237 e. The fourth-order valence-electron chi connectivity index (χ4n) is 2.57. The molecule has 0 aliphatic carbocycles. The number of rotatable bonds is 5. The number of hydrogen-bond donors (Lipinski definition) is 0. The summed E-state index contributed by atoms with van der Waals surface area (Å²) in [6.07, 6.45) is 1.67. The van der Waals surface area contributed by atoms with Crippen LogP contribution in [0.3, 0.4) is 0 Å². The Morgan fingerprint density at radius 1 is 1.43 bits per heavy atom. The normalized spacial score (nSPS) is 18.3. The smallest absolute Gasteiger partial charge is 0.237 e. The van der Waals surface area contributed by atoms with E-state index in [1.165, 1.54) is 24.1 Å². The van der Waals surface area contributed by atoms with E-state index < -0.39 is 21.7 Å². The van der Waals surface area contributed by atoms with Gasteiger partial charge in [-0.1, -0.05) is 12.1 Å². The van der Waals surface area contributed by atoms with Gasteiger partial charge in [-0.15, -0.1) is 0 Å². The summed E-state index contributed by atoms with van der Waals surface area (Å²) in [5.74, 6) is -1.07. The summed E-state index contributed by atoms with van der Waals surface area (Å²) in [6.45, 7) is 0.205. The van der Waals surface area contributed by atoms with Crippen molar-refractivity contribution in [3.05, 3.63) is 35.6 Å². The monoisotopic (exact) mass is 342 g/mol. The highest BCUT2D eigenvalue weighted by Crippen LogP contribution is 2.24. The lowest BCUT2D eigenvalue weighted by molar-refractivity contribution is -0.131. The molecule has 8 heteroatoms. The molecule has 1 fully saturated rings. The van der Waals surface area contributed by atoms with Crippen LogP contribution < -0.4 is 0 Å². The fraction of sp³-hybridized carbons (Fsp3) is 0.467. The zero-order chi connectivity index (χ0) is 17.2. The van der Waals surface area contributed by atoms with Gasteiger partial charge in [-0.05, 0) is 24.1 Å². The van der Waals surface area contributed by atoms with E-state index in [0.717, 1.165) is 6.26 Å². The molecule has 0 spiro atoms. The molecular weight excluding hydrogens is 323 g/mol. The number of benzene rings is 1. The summed E-state index contributed by atoms with van der Waals surface area (Å²) < 4.78 is 36.7. The molecule has 1 atom stereocenters. The van der Waals surface area contributed by atoms with E-state index >= 15 is 0 Å². The van der Waals surface area contributed by atoms with Gasteiger partial charge in [0.1, 0.15) is 5.82 Å². The van der Waals surface area contributed by atoms with Crippen molar-refractivity contribution in [2.75, 3.05) is 13.3 Å². The third kappa shape index (κ3) is 4.28. The number of amides is 2. The van der Waals surface area contributed by atoms with Gasteiger partial charge >= 0.3 is 0 Å². The second kappa shape index (κ2) is 6.66. The van der Waals surface area contributed by atoms with Crippen molar-refractivity contribution in [1.29, 1.82) is 0 Å². The zero-order valence-electron chi connectivity index (χ0n) is 13.0.